The Hall–Kier alpha value is -0.860. The second-order valence-corrected chi connectivity index (χ2v) is 5.25. The Morgan fingerprint density at radius 1 is 1.25 bits per heavy atom. The summed E-state index contributed by atoms with van der Waals surface area (Å²) >= 11 is 0. The number of hydrogen-bond acceptors (Lipinski definition) is 2. The molecule has 2 unspecified atom stereocenters. The molecule has 0 radical (unpaired) electrons. The molecule has 2 heterocycles. The number of likely N-dealkylation sites (N-methyl/N-ethyl adjacent to an activating group) is 1. The van der Waals surface area contributed by atoms with Crippen LogP contribution in [-0.4, -0.2) is 30.1 Å². The topological polar surface area (TPSA) is 15.3 Å². The van der Waals surface area contributed by atoms with Crippen molar-refractivity contribution in [1.29, 1.82) is 0 Å². The third-order valence-electron chi connectivity index (χ3n) is 4.11. The molecule has 3 atom stereocenters. The van der Waals surface area contributed by atoms with Crippen molar-refractivity contribution >= 4 is 0 Å². The quantitative estimate of drug-likeness (QED) is 0.831. The van der Waals surface area contributed by atoms with Crippen molar-refractivity contribution in [3.63, 3.8) is 0 Å². The zero-order valence-corrected chi connectivity index (χ0v) is 9.89. The van der Waals surface area contributed by atoms with E-state index >= 15 is 0 Å². The van der Waals surface area contributed by atoms with Crippen LogP contribution in [-0.2, 0) is 6.54 Å². The molecule has 2 aliphatic heterocycles. The molecule has 0 amide bonds. The van der Waals surface area contributed by atoms with Crippen LogP contribution in [0.5, 0.6) is 0 Å². The number of nitrogens with zero attached hydrogens (tertiary/aromatic N) is 1. The first kappa shape index (κ1) is 10.3. The summed E-state index contributed by atoms with van der Waals surface area (Å²) in [7, 11) is 2.26. The Bertz CT molecular complexity index is 349. The van der Waals surface area contributed by atoms with Crippen molar-refractivity contribution in [3.8, 4) is 0 Å². The summed E-state index contributed by atoms with van der Waals surface area (Å²) < 4.78 is 0. The molecular weight excluding hydrogens is 196 g/mol. The van der Waals surface area contributed by atoms with Gasteiger partial charge >= 0.3 is 0 Å². The highest BCUT2D eigenvalue weighted by Gasteiger charge is 2.40. The summed E-state index contributed by atoms with van der Waals surface area (Å²) in [5, 5.41) is 3.70. The summed E-state index contributed by atoms with van der Waals surface area (Å²) in [4.78, 5) is 2.52. The molecule has 2 saturated heterocycles. The molecule has 16 heavy (non-hydrogen) atoms. The molecule has 2 fully saturated rings. The lowest BCUT2D eigenvalue weighted by Crippen LogP contribution is -2.40. The van der Waals surface area contributed by atoms with Crippen LogP contribution in [0, 0.1) is 0 Å². The zero-order chi connectivity index (χ0) is 11.0. The number of rotatable bonds is 3. The van der Waals surface area contributed by atoms with E-state index in [0.717, 1.165) is 24.7 Å². The molecule has 1 aromatic carbocycles. The summed E-state index contributed by atoms with van der Waals surface area (Å²) in [5.74, 6) is 0. The number of nitrogens with one attached hydrogen (secondary N) is 1. The van der Waals surface area contributed by atoms with Gasteiger partial charge in [-0.2, -0.15) is 0 Å². The Balaban J connectivity index is 1.64. The molecule has 0 aliphatic carbocycles. The van der Waals surface area contributed by atoms with Crippen LogP contribution in [0.1, 0.15) is 24.8 Å². The lowest BCUT2D eigenvalue weighted by molar-refractivity contribution is 0.200. The minimum absolute atomic E-state index is 0.749. The first-order valence-corrected chi connectivity index (χ1v) is 6.33. The fourth-order valence-electron chi connectivity index (χ4n) is 3.27. The molecule has 3 rings (SSSR count). The Labute approximate surface area is 97.6 Å². The normalized spacial score (nSPS) is 32.5. The van der Waals surface area contributed by atoms with Crippen LogP contribution in [0.25, 0.3) is 0 Å². The molecule has 0 saturated carbocycles. The number of hydrogen-bond donors (Lipinski definition) is 1. The first-order valence-electron chi connectivity index (χ1n) is 6.33. The van der Waals surface area contributed by atoms with Gasteiger partial charge in [0.2, 0.25) is 0 Å². The lowest BCUT2D eigenvalue weighted by atomic mass is 9.94. The predicted octanol–water partition coefficient (Wildman–Crippen LogP) is 2.01. The summed E-state index contributed by atoms with van der Waals surface area (Å²) in [6.07, 6.45) is 4.10. The van der Waals surface area contributed by atoms with Crippen molar-refractivity contribution in [1.82, 2.24) is 10.2 Å². The molecule has 0 spiro atoms. The number of fused-ring (bicyclic) bond motifs is 2. The van der Waals surface area contributed by atoms with Gasteiger partial charge in [-0.25, -0.2) is 0 Å². The van der Waals surface area contributed by atoms with E-state index in [1.165, 1.54) is 24.8 Å². The SMILES string of the molecule is CN(Cc1ccccc1)[C@@H]1CC2CCC1N2. The van der Waals surface area contributed by atoms with E-state index in [1.54, 1.807) is 0 Å². The summed E-state index contributed by atoms with van der Waals surface area (Å²) in [6, 6.07) is 13.1. The third kappa shape index (κ3) is 1.87. The molecule has 1 N–H and O–H groups in total. The van der Waals surface area contributed by atoms with Crippen molar-refractivity contribution < 1.29 is 0 Å². The van der Waals surface area contributed by atoms with Crippen LogP contribution in [0.2, 0.25) is 0 Å². The maximum atomic E-state index is 3.70. The maximum Gasteiger partial charge on any atom is 0.0264 e. The van der Waals surface area contributed by atoms with E-state index in [-0.39, 0.29) is 0 Å². The van der Waals surface area contributed by atoms with Crippen molar-refractivity contribution in [3.05, 3.63) is 35.9 Å². The molecule has 0 aromatic heterocycles. The van der Waals surface area contributed by atoms with Gasteiger partial charge in [0.15, 0.2) is 0 Å². The van der Waals surface area contributed by atoms with Crippen LogP contribution in [0.4, 0.5) is 0 Å². The smallest absolute Gasteiger partial charge is 0.0264 e. The highest BCUT2D eigenvalue weighted by Crippen LogP contribution is 2.31. The Kier molecular flexibility index (Phi) is 2.70. The van der Waals surface area contributed by atoms with Crippen molar-refractivity contribution in [2.75, 3.05) is 7.05 Å². The molecule has 2 bridgehead atoms. The van der Waals surface area contributed by atoms with Crippen molar-refractivity contribution in [2.45, 2.75) is 43.9 Å². The van der Waals surface area contributed by atoms with Crippen LogP contribution >= 0.6 is 0 Å². The van der Waals surface area contributed by atoms with Crippen molar-refractivity contribution in [2.24, 2.45) is 0 Å². The van der Waals surface area contributed by atoms with Gasteiger partial charge in [0.25, 0.3) is 0 Å². The minimum atomic E-state index is 0.749. The second kappa shape index (κ2) is 4.19. The fourth-order valence-corrected chi connectivity index (χ4v) is 3.27. The number of benzene rings is 1. The zero-order valence-electron chi connectivity index (χ0n) is 9.89. The predicted molar refractivity (Wildman–Crippen MR) is 66.3 cm³/mol. The van der Waals surface area contributed by atoms with Crippen LogP contribution in [0.15, 0.2) is 30.3 Å². The average Bonchev–Trinajstić information content (AvgIpc) is 2.92. The van der Waals surface area contributed by atoms with Gasteiger partial charge in [0.1, 0.15) is 0 Å². The van der Waals surface area contributed by atoms with E-state index in [0.29, 0.717) is 0 Å². The van der Waals surface area contributed by atoms with E-state index < -0.39 is 0 Å². The van der Waals surface area contributed by atoms with Crippen LogP contribution in [0.3, 0.4) is 0 Å². The Morgan fingerprint density at radius 3 is 2.69 bits per heavy atom. The maximum absolute atomic E-state index is 3.70. The molecule has 2 heteroatoms. The molecule has 86 valence electrons. The average molecular weight is 216 g/mol. The largest absolute Gasteiger partial charge is 0.310 e. The first-order chi connectivity index (χ1) is 7.83. The van der Waals surface area contributed by atoms with Gasteiger partial charge in [-0.05, 0) is 31.9 Å². The van der Waals surface area contributed by atoms with Gasteiger partial charge in [0, 0.05) is 24.7 Å². The van der Waals surface area contributed by atoms with Gasteiger partial charge in [0.05, 0.1) is 0 Å². The summed E-state index contributed by atoms with van der Waals surface area (Å²) in [5.41, 5.74) is 1.42. The molecule has 1 aromatic rings. The lowest BCUT2D eigenvalue weighted by Gasteiger charge is -2.30. The third-order valence-corrected chi connectivity index (χ3v) is 4.11. The molecule has 2 aliphatic rings. The monoisotopic (exact) mass is 216 g/mol. The van der Waals surface area contributed by atoms with E-state index in [9.17, 15) is 0 Å². The fraction of sp³-hybridized carbons (Fsp3) is 0.571. The summed E-state index contributed by atoms with van der Waals surface area (Å²) in [6.45, 7) is 1.08. The van der Waals surface area contributed by atoms with E-state index in [4.69, 9.17) is 0 Å². The molecule has 2 nitrogen and oxygen atoms in total. The van der Waals surface area contributed by atoms with E-state index in [2.05, 4.69) is 47.6 Å². The van der Waals surface area contributed by atoms with Gasteiger partial charge in [-0.15, -0.1) is 0 Å². The van der Waals surface area contributed by atoms with Gasteiger partial charge in [-0.3, -0.25) is 4.90 Å². The minimum Gasteiger partial charge on any atom is -0.310 e. The highest BCUT2D eigenvalue weighted by atomic mass is 15.2. The van der Waals surface area contributed by atoms with Gasteiger partial charge in [-0.1, -0.05) is 30.3 Å². The highest BCUT2D eigenvalue weighted by molar-refractivity contribution is 5.15. The van der Waals surface area contributed by atoms with Crippen LogP contribution < -0.4 is 5.32 Å². The van der Waals surface area contributed by atoms with Gasteiger partial charge < -0.3 is 5.32 Å². The second-order valence-electron chi connectivity index (χ2n) is 5.25. The Morgan fingerprint density at radius 2 is 2.06 bits per heavy atom. The standard InChI is InChI=1S/C14H20N2/c1-16(10-11-5-3-2-4-6-11)14-9-12-7-8-13(14)15-12/h2-6,12-15H,7-10H2,1H3/t12?,13?,14-/m1/s1. The van der Waals surface area contributed by atoms with E-state index in [1.807, 2.05) is 0 Å². The molecular formula is C14H20N2.